The van der Waals surface area contributed by atoms with Gasteiger partial charge in [0.25, 0.3) is 0 Å². The third kappa shape index (κ3) is 2.50. The number of halogens is 3. The van der Waals surface area contributed by atoms with E-state index in [0.717, 1.165) is 5.56 Å². The summed E-state index contributed by atoms with van der Waals surface area (Å²) in [6.07, 6.45) is 0. The summed E-state index contributed by atoms with van der Waals surface area (Å²) < 4.78 is -0.995. The van der Waals surface area contributed by atoms with Crippen LogP contribution in [0.2, 0.25) is 5.02 Å². The largest absolute Gasteiger partial charge is 0.275 e. The van der Waals surface area contributed by atoms with Crippen LogP contribution in [0.3, 0.4) is 0 Å². The van der Waals surface area contributed by atoms with Crippen LogP contribution in [0, 0.1) is 0 Å². The van der Waals surface area contributed by atoms with E-state index in [-0.39, 0.29) is 0 Å². The van der Waals surface area contributed by atoms with Gasteiger partial charge in [-0.1, -0.05) is 46.9 Å². The molecular formula is C9H10Cl3N. The fraction of sp³-hybridized carbons (Fsp3) is 0.333. The molecule has 0 N–H and O–H groups in total. The summed E-state index contributed by atoms with van der Waals surface area (Å²) in [6, 6.07) is 7.14. The highest BCUT2D eigenvalue weighted by Crippen LogP contribution is 2.35. The second kappa shape index (κ2) is 4.05. The van der Waals surface area contributed by atoms with Crippen molar-refractivity contribution in [1.29, 1.82) is 0 Å². The first-order valence-corrected chi connectivity index (χ1v) is 4.89. The summed E-state index contributed by atoms with van der Waals surface area (Å²) in [5, 5.41) is 0.673. The van der Waals surface area contributed by atoms with E-state index < -0.39 is 4.46 Å². The minimum Gasteiger partial charge on any atom is -0.275 e. The summed E-state index contributed by atoms with van der Waals surface area (Å²) in [7, 11) is 3.63. The van der Waals surface area contributed by atoms with Gasteiger partial charge in [-0.2, -0.15) is 0 Å². The Bertz CT molecular complexity index is 279. The fourth-order valence-corrected chi connectivity index (χ4v) is 1.29. The number of alkyl halides is 2. The van der Waals surface area contributed by atoms with Crippen molar-refractivity contribution in [3.63, 3.8) is 0 Å². The monoisotopic (exact) mass is 237 g/mol. The summed E-state index contributed by atoms with van der Waals surface area (Å²) in [6.45, 7) is 0. The average molecular weight is 239 g/mol. The first-order valence-electron chi connectivity index (χ1n) is 3.76. The van der Waals surface area contributed by atoms with E-state index in [9.17, 15) is 0 Å². The number of benzene rings is 1. The van der Waals surface area contributed by atoms with E-state index in [1.54, 1.807) is 17.0 Å². The normalized spacial score (nSPS) is 12.2. The van der Waals surface area contributed by atoms with E-state index in [2.05, 4.69) is 0 Å². The smallest absolute Gasteiger partial charge is 0.196 e. The maximum Gasteiger partial charge on any atom is 0.196 e. The zero-order valence-electron chi connectivity index (χ0n) is 7.39. The van der Waals surface area contributed by atoms with Crippen molar-refractivity contribution in [3.05, 3.63) is 34.9 Å². The highest BCUT2D eigenvalue weighted by molar-refractivity contribution is 6.47. The maximum absolute atomic E-state index is 6.10. The number of rotatable bonds is 2. The van der Waals surface area contributed by atoms with Crippen LogP contribution in [-0.4, -0.2) is 19.0 Å². The van der Waals surface area contributed by atoms with E-state index in [4.69, 9.17) is 34.8 Å². The van der Waals surface area contributed by atoms with Crippen LogP contribution in [0.25, 0.3) is 0 Å². The molecule has 0 bridgehead atoms. The molecule has 0 heterocycles. The molecule has 0 unspecified atom stereocenters. The SMILES string of the molecule is CN(C)C(Cl)(Cl)c1ccc(Cl)cc1. The molecule has 1 rings (SSSR count). The Kier molecular flexibility index (Phi) is 3.47. The maximum atomic E-state index is 6.10. The molecule has 4 heteroatoms. The van der Waals surface area contributed by atoms with Crippen LogP contribution < -0.4 is 0 Å². The van der Waals surface area contributed by atoms with Gasteiger partial charge in [0.2, 0.25) is 0 Å². The average Bonchev–Trinajstić information content (AvgIpc) is 2.04. The van der Waals surface area contributed by atoms with Gasteiger partial charge in [-0.15, -0.1) is 0 Å². The van der Waals surface area contributed by atoms with E-state index >= 15 is 0 Å². The molecule has 1 aromatic carbocycles. The lowest BCUT2D eigenvalue weighted by Crippen LogP contribution is -2.30. The summed E-state index contributed by atoms with van der Waals surface area (Å²) in [4.78, 5) is 1.72. The van der Waals surface area contributed by atoms with Crippen molar-refractivity contribution in [2.45, 2.75) is 4.46 Å². The second-order valence-corrected chi connectivity index (χ2v) is 4.67. The van der Waals surface area contributed by atoms with Gasteiger partial charge in [0.15, 0.2) is 4.46 Å². The first-order chi connectivity index (χ1) is 5.94. The molecule has 0 aliphatic heterocycles. The third-order valence-electron chi connectivity index (χ3n) is 1.75. The van der Waals surface area contributed by atoms with Gasteiger partial charge < -0.3 is 0 Å². The molecule has 13 heavy (non-hydrogen) atoms. The van der Waals surface area contributed by atoms with Crippen LogP contribution in [0.4, 0.5) is 0 Å². The van der Waals surface area contributed by atoms with Gasteiger partial charge in [0.1, 0.15) is 0 Å². The van der Waals surface area contributed by atoms with Crippen molar-refractivity contribution in [1.82, 2.24) is 4.90 Å². The van der Waals surface area contributed by atoms with E-state index in [1.807, 2.05) is 26.2 Å². The number of hydrogen-bond donors (Lipinski definition) is 0. The van der Waals surface area contributed by atoms with Crippen molar-refractivity contribution in [2.75, 3.05) is 14.1 Å². The molecule has 0 spiro atoms. The van der Waals surface area contributed by atoms with Gasteiger partial charge >= 0.3 is 0 Å². The summed E-state index contributed by atoms with van der Waals surface area (Å²) in [5.41, 5.74) is 0.810. The Morgan fingerprint density at radius 2 is 1.54 bits per heavy atom. The molecule has 0 fully saturated rings. The Morgan fingerprint density at radius 3 is 1.92 bits per heavy atom. The predicted molar refractivity (Wildman–Crippen MR) is 58.5 cm³/mol. The van der Waals surface area contributed by atoms with Gasteiger partial charge in [0, 0.05) is 10.6 Å². The van der Waals surface area contributed by atoms with Gasteiger partial charge in [0.05, 0.1) is 0 Å². The molecule has 0 aliphatic carbocycles. The topological polar surface area (TPSA) is 3.24 Å². The Hall–Kier alpha value is 0.0500. The van der Waals surface area contributed by atoms with Crippen molar-refractivity contribution in [3.8, 4) is 0 Å². The molecule has 0 amide bonds. The van der Waals surface area contributed by atoms with Crippen LogP contribution in [0.5, 0.6) is 0 Å². The lowest BCUT2D eigenvalue weighted by atomic mass is 10.2. The van der Waals surface area contributed by atoms with Crippen molar-refractivity contribution >= 4 is 34.8 Å². The zero-order chi connectivity index (χ0) is 10.1. The molecule has 0 aromatic heterocycles. The highest BCUT2D eigenvalue weighted by Gasteiger charge is 2.28. The molecule has 1 aromatic rings. The molecule has 0 atom stereocenters. The molecule has 0 saturated heterocycles. The van der Waals surface area contributed by atoms with Crippen LogP contribution in [0.1, 0.15) is 5.56 Å². The Morgan fingerprint density at radius 1 is 1.08 bits per heavy atom. The van der Waals surface area contributed by atoms with E-state index in [0.29, 0.717) is 5.02 Å². The summed E-state index contributed by atoms with van der Waals surface area (Å²) >= 11 is 17.9. The predicted octanol–water partition coefficient (Wildman–Crippen LogP) is 3.49. The summed E-state index contributed by atoms with van der Waals surface area (Å²) in [5.74, 6) is 0. The third-order valence-corrected chi connectivity index (χ3v) is 3.12. The second-order valence-electron chi connectivity index (χ2n) is 2.94. The van der Waals surface area contributed by atoms with Crippen LogP contribution in [-0.2, 0) is 4.46 Å². The zero-order valence-corrected chi connectivity index (χ0v) is 9.66. The van der Waals surface area contributed by atoms with Crippen LogP contribution in [0.15, 0.2) is 24.3 Å². The quantitative estimate of drug-likeness (QED) is 0.563. The molecule has 1 nitrogen and oxygen atoms in total. The van der Waals surface area contributed by atoms with Crippen LogP contribution >= 0.6 is 34.8 Å². The van der Waals surface area contributed by atoms with Gasteiger partial charge in [-0.3, -0.25) is 4.90 Å². The minimum absolute atomic E-state index is 0.673. The molecule has 0 aliphatic rings. The first kappa shape index (κ1) is 11.1. The Labute approximate surface area is 93.2 Å². The standard InChI is InChI=1S/C9H10Cl3N/c1-13(2)9(11,12)7-3-5-8(10)6-4-7/h3-6H,1-2H3. The van der Waals surface area contributed by atoms with Gasteiger partial charge in [-0.05, 0) is 26.2 Å². The highest BCUT2D eigenvalue weighted by atomic mass is 35.5. The fourth-order valence-electron chi connectivity index (χ4n) is 0.909. The molecule has 72 valence electrons. The lowest BCUT2D eigenvalue weighted by Gasteiger charge is -2.27. The minimum atomic E-state index is -0.995. The van der Waals surface area contributed by atoms with E-state index in [1.165, 1.54) is 0 Å². The number of nitrogens with zero attached hydrogens (tertiary/aromatic N) is 1. The lowest BCUT2D eigenvalue weighted by molar-refractivity contribution is 0.343. The Balaban J connectivity index is 3.01. The van der Waals surface area contributed by atoms with Crippen molar-refractivity contribution < 1.29 is 0 Å². The molecule has 0 radical (unpaired) electrons. The number of hydrogen-bond acceptors (Lipinski definition) is 1. The van der Waals surface area contributed by atoms with Gasteiger partial charge in [-0.25, -0.2) is 0 Å². The molecule has 0 saturated carbocycles. The molecular weight excluding hydrogens is 228 g/mol. The van der Waals surface area contributed by atoms with Crippen molar-refractivity contribution in [2.24, 2.45) is 0 Å².